The van der Waals surface area contributed by atoms with E-state index in [1.54, 1.807) is 6.20 Å². The van der Waals surface area contributed by atoms with E-state index in [1.165, 1.54) is 23.1 Å². The number of aliphatic carboxylic acids is 1. The van der Waals surface area contributed by atoms with E-state index in [2.05, 4.69) is 10.2 Å². The Kier molecular flexibility index (Phi) is 5.20. The Labute approximate surface area is 95.6 Å². The lowest BCUT2D eigenvalue weighted by molar-refractivity contribution is -0.136. The zero-order valence-corrected chi connectivity index (χ0v) is 9.44. The lowest BCUT2D eigenvalue weighted by atomic mass is 10.0. The monoisotopic (exact) mass is 244 g/mol. The molecule has 0 bridgehead atoms. The number of carbonyl (C=O) groups excluding carboxylic acids is 1. The van der Waals surface area contributed by atoms with Crippen molar-refractivity contribution >= 4 is 47.8 Å². The van der Waals surface area contributed by atoms with Crippen molar-refractivity contribution in [1.82, 2.24) is 4.98 Å². The molecule has 0 fully saturated rings. The van der Waals surface area contributed by atoms with E-state index >= 15 is 0 Å². The average molecular weight is 244 g/mol. The summed E-state index contributed by atoms with van der Waals surface area (Å²) in [5.74, 6) is -0.267. The SMILES string of the molecule is O=CBNc1ncc(SCCC(=O)O)s1. The highest BCUT2D eigenvalue weighted by Crippen LogP contribution is 2.28. The molecular formula is C7H9BN2O3S2. The number of hydrogen-bond acceptors (Lipinski definition) is 6. The van der Waals surface area contributed by atoms with Gasteiger partial charge in [0.25, 0.3) is 0 Å². The van der Waals surface area contributed by atoms with Gasteiger partial charge in [0.05, 0.1) is 16.8 Å². The maximum Gasteiger partial charge on any atom is 0.309 e. The van der Waals surface area contributed by atoms with Gasteiger partial charge in [-0.1, -0.05) is 11.3 Å². The standard InChI is InChI=1S/C7H9BN2O3S2/c11-4-8-10-7-9-3-6(15-7)14-2-1-5(12)13/h3-4,8H,1-2H2,(H,9,10)(H,12,13). The first-order valence-electron chi connectivity index (χ1n) is 4.20. The van der Waals surface area contributed by atoms with Gasteiger partial charge in [0.15, 0.2) is 5.13 Å². The van der Waals surface area contributed by atoms with Gasteiger partial charge >= 0.3 is 13.4 Å². The minimum Gasteiger partial charge on any atom is -0.481 e. The van der Waals surface area contributed by atoms with Crippen LogP contribution in [0.3, 0.4) is 0 Å². The predicted octanol–water partition coefficient (Wildman–Crippen LogP) is 0.663. The molecule has 5 nitrogen and oxygen atoms in total. The Morgan fingerprint density at radius 3 is 3.27 bits per heavy atom. The minimum absolute atomic E-state index is 0.139. The predicted molar refractivity (Wildman–Crippen MR) is 62.6 cm³/mol. The number of thioether (sulfide) groups is 1. The Bertz CT molecular complexity index is 345. The maximum atomic E-state index is 10.3. The largest absolute Gasteiger partial charge is 0.481 e. The Morgan fingerprint density at radius 1 is 1.80 bits per heavy atom. The van der Waals surface area contributed by atoms with Gasteiger partial charge in [0.1, 0.15) is 6.19 Å². The summed E-state index contributed by atoms with van der Waals surface area (Å²) in [5.41, 5.74) is 0. The number of nitrogens with one attached hydrogen (secondary N) is 1. The molecular weight excluding hydrogens is 235 g/mol. The molecule has 8 heteroatoms. The van der Waals surface area contributed by atoms with E-state index in [4.69, 9.17) is 5.11 Å². The van der Waals surface area contributed by atoms with E-state index < -0.39 is 5.97 Å². The average Bonchev–Trinajstić information content (AvgIpc) is 2.62. The number of thiazole rings is 1. The molecule has 15 heavy (non-hydrogen) atoms. The van der Waals surface area contributed by atoms with E-state index in [1.807, 2.05) is 0 Å². The van der Waals surface area contributed by atoms with Gasteiger partial charge in [-0.05, 0) is 0 Å². The van der Waals surface area contributed by atoms with Crippen molar-refractivity contribution in [3.8, 4) is 0 Å². The second kappa shape index (κ2) is 6.47. The number of carbonyl (C=O) groups is 2. The number of hydrogen-bond donors (Lipinski definition) is 2. The molecule has 1 aromatic heterocycles. The molecule has 1 heterocycles. The second-order valence-corrected chi connectivity index (χ2v) is 4.95. The van der Waals surface area contributed by atoms with Crippen molar-refractivity contribution in [3.05, 3.63) is 6.20 Å². The summed E-state index contributed by atoms with van der Waals surface area (Å²) in [6.45, 7) is 0. The third-order valence-corrected chi connectivity index (χ3v) is 3.53. The van der Waals surface area contributed by atoms with E-state index in [9.17, 15) is 9.59 Å². The van der Waals surface area contributed by atoms with Gasteiger partial charge in [-0.25, -0.2) is 4.98 Å². The molecule has 0 atom stereocenters. The molecule has 0 aliphatic heterocycles. The molecule has 80 valence electrons. The van der Waals surface area contributed by atoms with Gasteiger partial charge in [-0.2, -0.15) is 0 Å². The van der Waals surface area contributed by atoms with Crippen LogP contribution in [0.1, 0.15) is 6.42 Å². The van der Waals surface area contributed by atoms with Crippen molar-refractivity contribution in [2.24, 2.45) is 0 Å². The smallest absolute Gasteiger partial charge is 0.309 e. The fourth-order valence-electron chi connectivity index (χ4n) is 0.776. The van der Waals surface area contributed by atoms with Crippen molar-refractivity contribution in [1.29, 1.82) is 0 Å². The van der Waals surface area contributed by atoms with Crippen LogP contribution in [-0.4, -0.2) is 35.4 Å². The summed E-state index contributed by atoms with van der Waals surface area (Å²) in [6, 6.07) is 0. The highest BCUT2D eigenvalue weighted by atomic mass is 32.2. The molecule has 0 aliphatic rings. The summed E-state index contributed by atoms with van der Waals surface area (Å²) in [4.78, 5) is 24.4. The van der Waals surface area contributed by atoms with Gasteiger partial charge in [-0.3, -0.25) is 4.79 Å². The van der Waals surface area contributed by atoms with Crippen LogP contribution in [0.5, 0.6) is 0 Å². The van der Waals surface area contributed by atoms with Crippen LogP contribution in [-0.2, 0) is 9.59 Å². The van der Waals surface area contributed by atoms with E-state index in [-0.39, 0.29) is 13.8 Å². The molecule has 0 spiro atoms. The summed E-state index contributed by atoms with van der Waals surface area (Å²) >= 11 is 2.86. The minimum atomic E-state index is -0.800. The van der Waals surface area contributed by atoms with Crippen molar-refractivity contribution in [3.63, 3.8) is 0 Å². The molecule has 0 unspecified atom stereocenters. The molecule has 0 amide bonds. The quantitative estimate of drug-likeness (QED) is 0.416. The number of carboxylic acid groups (broad SMARTS) is 1. The molecule has 2 N–H and O–H groups in total. The maximum absolute atomic E-state index is 10.3. The molecule has 1 aromatic rings. The van der Waals surface area contributed by atoms with Crippen molar-refractivity contribution < 1.29 is 14.7 Å². The highest BCUT2D eigenvalue weighted by Gasteiger charge is 2.03. The molecule has 0 aromatic carbocycles. The number of rotatable bonds is 7. The van der Waals surface area contributed by atoms with Crippen LogP contribution >= 0.6 is 23.1 Å². The number of nitrogens with zero attached hydrogens (tertiary/aromatic N) is 1. The number of carboxylic acids is 1. The van der Waals surface area contributed by atoms with Gasteiger partial charge in [0.2, 0.25) is 0 Å². The van der Waals surface area contributed by atoms with Gasteiger partial charge < -0.3 is 15.1 Å². The van der Waals surface area contributed by atoms with Crippen LogP contribution in [0.2, 0.25) is 0 Å². The summed E-state index contributed by atoms with van der Waals surface area (Å²) in [7, 11) is 0.243. The zero-order chi connectivity index (χ0) is 11.1. The Morgan fingerprint density at radius 2 is 2.60 bits per heavy atom. The van der Waals surface area contributed by atoms with Crippen LogP contribution in [0.15, 0.2) is 10.4 Å². The number of anilines is 1. The fourth-order valence-corrected chi connectivity index (χ4v) is 2.66. The second-order valence-electron chi connectivity index (χ2n) is 2.52. The normalized spacial score (nSPS) is 9.60. The molecule has 0 saturated heterocycles. The lowest BCUT2D eigenvalue weighted by Gasteiger charge is -1.93. The molecule has 1 rings (SSSR count). The summed E-state index contributed by atoms with van der Waals surface area (Å²) < 4.78 is 0.949. The summed E-state index contributed by atoms with van der Waals surface area (Å²) in [5, 5.41) is 11.9. The Hall–Kier alpha value is -1.02. The van der Waals surface area contributed by atoms with Crippen LogP contribution in [0, 0.1) is 0 Å². The molecule has 0 saturated carbocycles. The van der Waals surface area contributed by atoms with Crippen molar-refractivity contribution in [2.45, 2.75) is 10.6 Å². The first-order chi connectivity index (χ1) is 7.22. The fraction of sp³-hybridized carbons (Fsp3) is 0.286. The molecule has 0 aliphatic carbocycles. The highest BCUT2D eigenvalue weighted by molar-refractivity contribution is 8.01. The third-order valence-electron chi connectivity index (χ3n) is 1.38. The van der Waals surface area contributed by atoms with E-state index in [0.29, 0.717) is 10.9 Å². The lowest BCUT2D eigenvalue weighted by Crippen LogP contribution is -2.06. The molecule has 0 radical (unpaired) electrons. The van der Waals surface area contributed by atoms with Crippen LogP contribution in [0.25, 0.3) is 0 Å². The third kappa shape index (κ3) is 4.84. The van der Waals surface area contributed by atoms with E-state index in [0.717, 1.165) is 10.4 Å². The Balaban J connectivity index is 2.32. The van der Waals surface area contributed by atoms with Crippen molar-refractivity contribution in [2.75, 3.05) is 11.0 Å². The first kappa shape index (κ1) is 12.1. The van der Waals surface area contributed by atoms with Crippen LogP contribution < -0.4 is 5.23 Å². The first-order valence-corrected chi connectivity index (χ1v) is 6.00. The van der Waals surface area contributed by atoms with Gasteiger partial charge in [-0.15, -0.1) is 11.8 Å². The number of aromatic nitrogens is 1. The van der Waals surface area contributed by atoms with Gasteiger partial charge in [0, 0.05) is 5.75 Å². The topological polar surface area (TPSA) is 79.3 Å². The zero-order valence-electron chi connectivity index (χ0n) is 7.80. The van der Waals surface area contributed by atoms with Crippen LogP contribution in [0.4, 0.5) is 5.13 Å². The summed E-state index contributed by atoms with van der Waals surface area (Å²) in [6.07, 6.45) is 2.57.